The van der Waals surface area contributed by atoms with E-state index >= 15 is 0 Å². The Labute approximate surface area is 166 Å². The number of primary amides is 1. The third kappa shape index (κ3) is 5.40. The molecule has 13 nitrogen and oxygen atoms in total. The first-order chi connectivity index (χ1) is 13.6. The van der Waals surface area contributed by atoms with Gasteiger partial charge in [0, 0.05) is 13.1 Å². The monoisotopic (exact) mass is 411 g/mol. The zero-order valence-electron chi connectivity index (χ0n) is 16.3. The highest BCUT2D eigenvalue weighted by Gasteiger charge is 2.40. The number of β-amino-alcohol motifs (C(OH)–C–C–N with tert-alkyl or cyclic N) is 1. The number of likely N-dealkylation sites (tertiary alicyclic amines) is 1. The first-order valence-electron chi connectivity index (χ1n) is 9.10. The molecule has 5 N–H and O–H groups in total. The molecule has 0 radical (unpaired) electrons. The van der Waals surface area contributed by atoms with Crippen LogP contribution in [0.5, 0.6) is 0 Å². The van der Waals surface area contributed by atoms with Crippen LogP contribution in [0.3, 0.4) is 0 Å². The molecule has 1 aromatic rings. The number of carbonyl (C=O) groups excluding carboxylic acids is 3. The number of carbonyl (C=O) groups is 3. The number of rotatable bonds is 8. The fourth-order valence-electron chi connectivity index (χ4n) is 3.22. The molecule has 4 amide bonds. The number of nitro groups is 1. The van der Waals surface area contributed by atoms with Gasteiger partial charge >= 0.3 is 11.8 Å². The number of hydrogen-bond donors (Lipinski definition) is 4. The second-order valence-electron chi connectivity index (χ2n) is 7.04. The van der Waals surface area contributed by atoms with Crippen LogP contribution in [-0.4, -0.2) is 73.8 Å². The Bertz CT molecular complexity index is 810. The van der Waals surface area contributed by atoms with Crippen molar-refractivity contribution in [1.82, 2.24) is 25.3 Å². The van der Waals surface area contributed by atoms with E-state index in [9.17, 15) is 29.6 Å². The lowest BCUT2D eigenvalue weighted by Gasteiger charge is -2.26. The summed E-state index contributed by atoms with van der Waals surface area (Å²) in [6.45, 7) is 1.93. The highest BCUT2D eigenvalue weighted by Crippen LogP contribution is 2.22. The van der Waals surface area contributed by atoms with Crippen molar-refractivity contribution in [2.75, 3.05) is 19.6 Å². The fraction of sp³-hybridized carbons (Fsp3) is 0.625. The highest BCUT2D eigenvalue weighted by atomic mass is 16.6. The molecule has 0 aliphatic carbocycles. The molecule has 160 valence electrons. The highest BCUT2D eigenvalue weighted by molar-refractivity contribution is 5.93. The molecule has 1 aromatic heterocycles. The Balaban J connectivity index is 1.97. The van der Waals surface area contributed by atoms with Crippen LogP contribution in [-0.2, 0) is 11.8 Å². The minimum atomic E-state index is -1.36. The molecule has 0 spiro atoms. The van der Waals surface area contributed by atoms with Crippen molar-refractivity contribution in [3.63, 3.8) is 0 Å². The molecule has 2 unspecified atom stereocenters. The van der Waals surface area contributed by atoms with Gasteiger partial charge in [-0.25, -0.2) is 4.79 Å². The Morgan fingerprint density at radius 2 is 2.17 bits per heavy atom. The molecule has 1 aliphatic rings. The van der Waals surface area contributed by atoms with Crippen LogP contribution in [0, 0.1) is 10.1 Å². The normalized spacial score (nSPS) is 19.6. The molecule has 2 rings (SSSR count). The second-order valence-corrected chi connectivity index (χ2v) is 7.04. The van der Waals surface area contributed by atoms with Gasteiger partial charge in [-0.1, -0.05) is 13.3 Å². The standard InChI is InChI=1S/C16H25N7O6/c1-3-4-10(19-15(17)26)14(25)22-6-5-16(27,9-22)8-18-13(24)11-7-12(23(28)29)20-21(11)2/h7,10,27H,3-6,8-9H2,1-2H3,(H,18,24)(H3,17,19,26). The predicted octanol–water partition coefficient (Wildman–Crippen LogP) is -1.14. The van der Waals surface area contributed by atoms with E-state index in [-0.39, 0.29) is 37.7 Å². The van der Waals surface area contributed by atoms with E-state index in [1.54, 1.807) is 0 Å². The maximum Gasteiger partial charge on any atom is 0.390 e. The molecule has 2 atom stereocenters. The molecule has 1 saturated heterocycles. The van der Waals surface area contributed by atoms with Gasteiger partial charge in [0.1, 0.15) is 11.6 Å². The van der Waals surface area contributed by atoms with Crippen molar-refractivity contribution in [2.24, 2.45) is 12.8 Å². The fourth-order valence-corrected chi connectivity index (χ4v) is 3.22. The summed E-state index contributed by atoms with van der Waals surface area (Å²) >= 11 is 0. The van der Waals surface area contributed by atoms with Gasteiger partial charge in [-0.05, 0) is 17.8 Å². The summed E-state index contributed by atoms with van der Waals surface area (Å²) in [5, 5.41) is 30.0. The third-order valence-corrected chi connectivity index (χ3v) is 4.70. The summed E-state index contributed by atoms with van der Waals surface area (Å²) in [7, 11) is 1.40. The van der Waals surface area contributed by atoms with Crippen molar-refractivity contribution >= 4 is 23.7 Å². The SMILES string of the molecule is CCCC(NC(N)=O)C(=O)N1CCC(O)(CNC(=O)c2cc([N+](=O)[O-])nn2C)C1. The van der Waals surface area contributed by atoms with E-state index in [1.165, 1.54) is 11.9 Å². The van der Waals surface area contributed by atoms with Crippen molar-refractivity contribution in [3.8, 4) is 0 Å². The molecular weight excluding hydrogens is 386 g/mol. The predicted molar refractivity (Wildman–Crippen MR) is 99.8 cm³/mol. The van der Waals surface area contributed by atoms with Crippen molar-refractivity contribution < 1.29 is 24.4 Å². The van der Waals surface area contributed by atoms with Gasteiger partial charge < -0.3 is 36.5 Å². The van der Waals surface area contributed by atoms with Gasteiger partial charge in [0.15, 0.2) is 5.69 Å². The third-order valence-electron chi connectivity index (χ3n) is 4.70. The lowest BCUT2D eigenvalue weighted by molar-refractivity contribution is -0.389. The number of urea groups is 1. The summed E-state index contributed by atoms with van der Waals surface area (Å²) in [6, 6.07) is -0.539. The van der Waals surface area contributed by atoms with Gasteiger partial charge in [0.05, 0.1) is 24.8 Å². The number of nitrogens with one attached hydrogen (secondary N) is 2. The first kappa shape index (κ1) is 22.1. The van der Waals surface area contributed by atoms with Crippen LogP contribution in [0.2, 0.25) is 0 Å². The smallest absolute Gasteiger partial charge is 0.386 e. The Morgan fingerprint density at radius 1 is 1.48 bits per heavy atom. The maximum atomic E-state index is 12.6. The largest absolute Gasteiger partial charge is 0.390 e. The van der Waals surface area contributed by atoms with E-state index in [0.29, 0.717) is 12.8 Å². The summed E-state index contributed by atoms with van der Waals surface area (Å²) in [5.74, 6) is -1.45. The summed E-state index contributed by atoms with van der Waals surface area (Å²) in [4.78, 5) is 47.5. The van der Waals surface area contributed by atoms with E-state index in [0.717, 1.165) is 10.7 Å². The number of hydrogen-bond acceptors (Lipinski definition) is 7. The Morgan fingerprint density at radius 3 is 2.72 bits per heavy atom. The molecule has 0 saturated carbocycles. The lowest BCUT2D eigenvalue weighted by Crippen LogP contribution is -2.51. The quantitative estimate of drug-likeness (QED) is 0.307. The average molecular weight is 411 g/mol. The van der Waals surface area contributed by atoms with Crippen molar-refractivity contribution in [2.45, 2.75) is 37.8 Å². The summed E-state index contributed by atoms with van der Waals surface area (Å²) < 4.78 is 1.08. The van der Waals surface area contributed by atoms with Crippen LogP contribution in [0.1, 0.15) is 36.7 Å². The van der Waals surface area contributed by atoms with Crippen LogP contribution >= 0.6 is 0 Å². The molecule has 1 fully saturated rings. The van der Waals surface area contributed by atoms with E-state index in [2.05, 4.69) is 15.7 Å². The van der Waals surface area contributed by atoms with Crippen molar-refractivity contribution in [3.05, 3.63) is 21.9 Å². The number of nitrogens with zero attached hydrogens (tertiary/aromatic N) is 4. The molecular formula is C16H25N7O6. The number of aromatic nitrogens is 2. The van der Waals surface area contributed by atoms with Gasteiger partial charge in [0.2, 0.25) is 5.91 Å². The van der Waals surface area contributed by atoms with Crippen LogP contribution < -0.4 is 16.4 Å². The maximum absolute atomic E-state index is 12.6. The topological polar surface area (TPSA) is 186 Å². The molecule has 0 aromatic carbocycles. The molecule has 29 heavy (non-hydrogen) atoms. The molecule has 13 heteroatoms. The van der Waals surface area contributed by atoms with Crippen molar-refractivity contribution in [1.29, 1.82) is 0 Å². The zero-order valence-corrected chi connectivity index (χ0v) is 16.3. The second kappa shape index (κ2) is 8.86. The van der Waals surface area contributed by atoms with Gasteiger partial charge in [-0.2, -0.15) is 4.68 Å². The van der Waals surface area contributed by atoms with Crippen LogP contribution in [0.25, 0.3) is 0 Å². The summed E-state index contributed by atoms with van der Waals surface area (Å²) in [5.41, 5.74) is 3.73. The average Bonchev–Trinajstić information content (AvgIpc) is 3.22. The zero-order chi connectivity index (χ0) is 21.8. The minimum absolute atomic E-state index is 0.0279. The van der Waals surface area contributed by atoms with E-state index in [4.69, 9.17) is 5.73 Å². The molecule has 0 bridgehead atoms. The van der Waals surface area contributed by atoms with Gasteiger partial charge in [-0.3, -0.25) is 9.59 Å². The number of nitrogens with two attached hydrogens (primary N) is 1. The number of aryl methyl sites for hydroxylation is 1. The molecule has 1 aliphatic heterocycles. The lowest BCUT2D eigenvalue weighted by atomic mass is 10.0. The number of amides is 4. The summed E-state index contributed by atoms with van der Waals surface area (Å²) in [6.07, 6.45) is 1.29. The van der Waals surface area contributed by atoms with E-state index < -0.39 is 34.3 Å². The first-order valence-corrected chi connectivity index (χ1v) is 9.10. The van der Waals surface area contributed by atoms with Gasteiger partial charge in [-0.15, -0.1) is 0 Å². The molecule has 2 heterocycles. The minimum Gasteiger partial charge on any atom is -0.386 e. The van der Waals surface area contributed by atoms with Crippen LogP contribution in [0.15, 0.2) is 6.07 Å². The van der Waals surface area contributed by atoms with Crippen LogP contribution in [0.4, 0.5) is 10.6 Å². The Kier molecular flexibility index (Phi) is 6.74. The van der Waals surface area contributed by atoms with Gasteiger partial charge in [0.25, 0.3) is 5.91 Å². The Hall–Kier alpha value is -3.22. The van der Waals surface area contributed by atoms with E-state index in [1.807, 2.05) is 6.92 Å². The number of aliphatic hydroxyl groups is 1.